The Kier molecular flexibility index (Phi) is 3.78. The molecule has 1 aromatic rings. The van der Waals surface area contributed by atoms with Gasteiger partial charge in [-0.2, -0.15) is 0 Å². The summed E-state index contributed by atoms with van der Waals surface area (Å²) in [4.78, 5) is 7.92. The van der Waals surface area contributed by atoms with Crippen molar-refractivity contribution >= 4 is 0 Å². The average molecular weight is 207 g/mol. The molecule has 3 nitrogen and oxygen atoms in total. The standard InChI is InChI=1S/C12H21N3/c1-2-7-13-8-11-9-14-12(15-11)10-5-3-4-6-10/h9-10,13H,2-8H2,1H3,(H,14,15). The Morgan fingerprint density at radius 3 is 3.00 bits per heavy atom. The van der Waals surface area contributed by atoms with Crippen molar-refractivity contribution in [3.63, 3.8) is 0 Å². The van der Waals surface area contributed by atoms with E-state index in [2.05, 4.69) is 22.2 Å². The van der Waals surface area contributed by atoms with E-state index < -0.39 is 0 Å². The van der Waals surface area contributed by atoms with E-state index in [1.807, 2.05) is 6.20 Å². The summed E-state index contributed by atoms with van der Waals surface area (Å²) in [6, 6.07) is 0. The molecule has 0 aromatic carbocycles. The van der Waals surface area contributed by atoms with Gasteiger partial charge in [-0.05, 0) is 25.8 Å². The molecule has 0 radical (unpaired) electrons. The third-order valence-corrected chi connectivity index (χ3v) is 3.13. The minimum atomic E-state index is 0.699. The van der Waals surface area contributed by atoms with Crippen LogP contribution in [0.2, 0.25) is 0 Å². The minimum absolute atomic E-state index is 0.699. The number of aromatic nitrogens is 2. The molecule has 0 spiro atoms. The Morgan fingerprint density at radius 2 is 2.27 bits per heavy atom. The fourth-order valence-corrected chi connectivity index (χ4v) is 2.27. The summed E-state index contributed by atoms with van der Waals surface area (Å²) in [5.74, 6) is 1.91. The van der Waals surface area contributed by atoms with Gasteiger partial charge in [-0.25, -0.2) is 4.98 Å². The van der Waals surface area contributed by atoms with Gasteiger partial charge < -0.3 is 10.3 Å². The number of rotatable bonds is 5. The van der Waals surface area contributed by atoms with Crippen LogP contribution in [-0.2, 0) is 6.54 Å². The molecule has 15 heavy (non-hydrogen) atoms. The Bertz CT molecular complexity index is 287. The summed E-state index contributed by atoms with van der Waals surface area (Å²) in [6.45, 7) is 4.19. The van der Waals surface area contributed by atoms with Gasteiger partial charge in [0.2, 0.25) is 0 Å². The van der Waals surface area contributed by atoms with E-state index in [0.29, 0.717) is 5.92 Å². The van der Waals surface area contributed by atoms with Crippen LogP contribution in [0.15, 0.2) is 6.20 Å². The van der Waals surface area contributed by atoms with E-state index in [1.165, 1.54) is 43.6 Å². The summed E-state index contributed by atoms with van der Waals surface area (Å²) >= 11 is 0. The maximum Gasteiger partial charge on any atom is 0.109 e. The van der Waals surface area contributed by atoms with Gasteiger partial charge in [-0.15, -0.1) is 0 Å². The Hall–Kier alpha value is -0.830. The Labute approximate surface area is 91.7 Å². The van der Waals surface area contributed by atoms with Gasteiger partial charge in [-0.3, -0.25) is 0 Å². The second kappa shape index (κ2) is 5.31. The smallest absolute Gasteiger partial charge is 0.109 e. The first kappa shape index (κ1) is 10.7. The fourth-order valence-electron chi connectivity index (χ4n) is 2.27. The molecular weight excluding hydrogens is 186 g/mol. The SMILES string of the molecule is CCCNCc1cnc(C2CCCC2)[nH]1. The zero-order valence-corrected chi connectivity index (χ0v) is 9.55. The van der Waals surface area contributed by atoms with Gasteiger partial charge in [0.1, 0.15) is 5.82 Å². The van der Waals surface area contributed by atoms with Crippen LogP contribution in [0.3, 0.4) is 0 Å². The number of hydrogen-bond acceptors (Lipinski definition) is 2. The van der Waals surface area contributed by atoms with E-state index in [9.17, 15) is 0 Å². The molecule has 0 saturated heterocycles. The van der Waals surface area contributed by atoms with E-state index in [0.717, 1.165) is 13.1 Å². The van der Waals surface area contributed by atoms with Crippen LogP contribution in [0.4, 0.5) is 0 Å². The summed E-state index contributed by atoms with van der Waals surface area (Å²) < 4.78 is 0. The Balaban J connectivity index is 1.86. The maximum atomic E-state index is 4.48. The van der Waals surface area contributed by atoms with Gasteiger partial charge in [0.05, 0.1) is 0 Å². The van der Waals surface area contributed by atoms with Crippen LogP contribution < -0.4 is 5.32 Å². The molecule has 1 heterocycles. The predicted molar refractivity (Wildman–Crippen MR) is 61.8 cm³/mol. The van der Waals surface area contributed by atoms with E-state index in [-0.39, 0.29) is 0 Å². The second-order valence-electron chi connectivity index (χ2n) is 4.45. The molecule has 3 heteroatoms. The summed E-state index contributed by atoms with van der Waals surface area (Å²) in [5, 5.41) is 3.38. The third-order valence-electron chi connectivity index (χ3n) is 3.13. The third kappa shape index (κ3) is 2.81. The first-order valence-electron chi connectivity index (χ1n) is 6.14. The van der Waals surface area contributed by atoms with Gasteiger partial charge in [0, 0.05) is 24.4 Å². The number of nitrogens with zero attached hydrogens (tertiary/aromatic N) is 1. The average Bonchev–Trinajstić information content (AvgIpc) is 2.87. The molecule has 1 fully saturated rings. The van der Waals surface area contributed by atoms with Crippen LogP contribution in [0.25, 0.3) is 0 Å². The zero-order chi connectivity index (χ0) is 10.5. The lowest BCUT2D eigenvalue weighted by atomic mass is 10.1. The van der Waals surface area contributed by atoms with Gasteiger partial charge in [0.15, 0.2) is 0 Å². The van der Waals surface area contributed by atoms with Crippen molar-refractivity contribution in [1.29, 1.82) is 0 Å². The van der Waals surface area contributed by atoms with Crippen molar-refractivity contribution < 1.29 is 0 Å². The summed E-state index contributed by atoms with van der Waals surface area (Å²) in [7, 11) is 0. The highest BCUT2D eigenvalue weighted by Crippen LogP contribution is 2.32. The molecular formula is C12H21N3. The van der Waals surface area contributed by atoms with Crippen LogP contribution >= 0.6 is 0 Å². The molecule has 1 aliphatic rings. The Morgan fingerprint density at radius 1 is 1.47 bits per heavy atom. The van der Waals surface area contributed by atoms with Crippen LogP contribution in [0.1, 0.15) is 56.5 Å². The van der Waals surface area contributed by atoms with Crippen molar-refractivity contribution in [1.82, 2.24) is 15.3 Å². The molecule has 2 N–H and O–H groups in total. The molecule has 1 aromatic heterocycles. The first-order chi connectivity index (χ1) is 7.40. The number of H-pyrrole nitrogens is 1. The van der Waals surface area contributed by atoms with Crippen molar-refractivity contribution in [3.05, 3.63) is 17.7 Å². The second-order valence-corrected chi connectivity index (χ2v) is 4.45. The maximum absolute atomic E-state index is 4.48. The molecule has 84 valence electrons. The lowest BCUT2D eigenvalue weighted by Gasteiger charge is -2.04. The quantitative estimate of drug-likeness (QED) is 0.729. The number of imidazole rings is 1. The normalized spacial score (nSPS) is 17.4. The van der Waals surface area contributed by atoms with Gasteiger partial charge >= 0.3 is 0 Å². The van der Waals surface area contributed by atoms with Crippen molar-refractivity contribution in [2.75, 3.05) is 6.54 Å². The fraction of sp³-hybridized carbons (Fsp3) is 0.750. The monoisotopic (exact) mass is 207 g/mol. The predicted octanol–water partition coefficient (Wildman–Crippen LogP) is 2.57. The topological polar surface area (TPSA) is 40.7 Å². The highest BCUT2D eigenvalue weighted by molar-refractivity contribution is 5.06. The molecule has 0 aliphatic heterocycles. The largest absolute Gasteiger partial charge is 0.345 e. The van der Waals surface area contributed by atoms with E-state index in [1.54, 1.807) is 0 Å². The molecule has 1 saturated carbocycles. The molecule has 0 bridgehead atoms. The molecule has 2 rings (SSSR count). The molecule has 0 amide bonds. The lowest BCUT2D eigenvalue weighted by Crippen LogP contribution is -2.14. The van der Waals surface area contributed by atoms with Crippen molar-refractivity contribution in [3.8, 4) is 0 Å². The lowest BCUT2D eigenvalue weighted by molar-refractivity contribution is 0.652. The zero-order valence-electron chi connectivity index (χ0n) is 9.55. The first-order valence-corrected chi connectivity index (χ1v) is 6.14. The number of hydrogen-bond donors (Lipinski definition) is 2. The minimum Gasteiger partial charge on any atom is -0.345 e. The van der Waals surface area contributed by atoms with Crippen LogP contribution in [0, 0.1) is 0 Å². The van der Waals surface area contributed by atoms with E-state index >= 15 is 0 Å². The van der Waals surface area contributed by atoms with Crippen LogP contribution in [0.5, 0.6) is 0 Å². The van der Waals surface area contributed by atoms with Crippen LogP contribution in [-0.4, -0.2) is 16.5 Å². The van der Waals surface area contributed by atoms with E-state index in [4.69, 9.17) is 0 Å². The summed E-state index contributed by atoms with van der Waals surface area (Å²) in [6.07, 6.45) is 8.54. The molecule has 0 atom stereocenters. The number of aromatic amines is 1. The van der Waals surface area contributed by atoms with Gasteiger partial charge in [0.25, 0.3) is 0 Å². The highest BCUT2D eigenvalue weighted by Gasteiger charge is 2.19. The highest BCUT2D eigenvalue weighted by atomic mass is 15.0. The van der Waals surface area contributed by atoms with Gasteiger partial charge in [-0.1, -0.05) is 19.8 Å². The summed E-state index contributed by atoms with van der Waals surface area (Å²) in [5.41, 5.74) is 1.23. The number of nitrogens with one attached hydrogen (secondary N) is 2. The van der Waals surface area contributed by atoms with Crippen molar-refractivity contribution in [2.24, 2.45) is 0 Å². The molecule has 1 aliphatic carbocycles. The molecule has 0 unspecified atom stereocenters. The van der Waals surface area contributed by atoms with Crippen molar-refractivity contribution in [2.45, 2.75) is 51.5 Å².